The smallest absolute Gasteiger partial charge is 0.273 e. The average Bonchev–Trinajstić information content (AvgIpc) is 3.12. The van der Waals surface area contributed by atoms with Gasteiger partial charge in [-0.25, -0.2) is 4.98 Å². The number of piperazine rings is 1. The number of para-hydroxylation sites is 1. The topological polar surface area (TPSA) is 45.7 Å². The first-order valence-electron chi connectivity index (χ1n) is 8.33. The molecule has 0 atom stereocenters. The number of thiazole rings is 1. The molecule has 1 aliphatic heterocycles. The van der Waals surface area contributed by atoms with E-state index < -0.39 is 0 Å². The van der Waals surface area contributed by atoms with Crippen LogP contribution in [0.4, 0.5) is 0 Å². The lowest BCUT2D eigenvalue weighted by molar-refractivity contribution is 0.0632. The Balaban J connectivity index is 1.70. The fourth-order valence-electron chi connectivity index (χ4n) is 2.97. The summed E-state index contributed by atoms with van der Waals surface area (Å²) in [5.41, 5.74) is 1.46. The van der Waals surface area contributed by atoms with Crippen LogP contribution in [0.5, 0.6) is 5.75 Å². The Morgan fingerprint density at radius 2 is 2.00 bits per heavy atom. The van der Waals surface area contributed by atoms with Gasteiger partial charge in [-0.15, -0.1) is 11.3 Å². The molecule has 2 heterocycles. The zero-order chi connectivity index (χ0) is 16.9. The molecule has 24 heavy (non-hydrogen) atoms. The minimum atomic E-state index is 0.0311. The first kappa shape index (κ1) is 16.9. The summed E-state index contributed by atoms with van der Waals surface area (Å²) < 4.78 is 5.39. The Labute approximate surface area is 146 Å². The normalized spacial score (nSPS) is 15.5. The van der Waals surface area contributed by atoms with Crippen LogP contribution in [0.2, 0.25) is 0 Å². The maximum absolute atomic E-state index is 12.7. The van der Waals surface area contributed by atoms with Crippen molar-refractivity contribution in [2.75, 3.05) is 39.8 Å². The highest BCUT2D eigenvalue weighted by molar-refractivity contribution is 7.13. The molecular formula is C18H23N3O2S. The van der Waals surface area contributed by atoms with Gasteiger partial charge >= 0.3 is 0 Å². The van der Waals surface area contributed by atoms with Crippen molar-refractivity contribution in [1.29, 1.82) is 0 Å². The molecule has 2 aromatic rings. The van der Waals surface area contributed by atoms with Crippen molar-refractivity contribution >= 4 is 17.2 Å². The summed E-state index contributed by atoms with van der Waals surface area (Å²) in [4.78, 5) is 21.6. The van der Waals surface area contributed by atoms with Gasteiger partial charge in [0, 0.05) is 31.6 Å². The summed E-state index contributed by atoms with van der Waals surface area (Å²) in [6.45, 7) is 6.75. The van der Waals surface area contributed by atoms with Crippen molar-refractivity contribution in [2.45, 2.75) is 13.3 Å². The number of nitrogens with zero attached hydrogens (tertiary/aromatic N) is 3. The predicted molar refractivity (Wildman–Crippen MR) is 96.7 cm³/mol. The van der Waals surface area contributed by atoms with E-state index in [0.29, 0.717) is 5.69 Å². The van der Waals surface area contributed by atoms with Gasteiger partial charge in [0.25, 0.3) is 5.91 Å². The van der Waals surface area contributed by atoms with Gasteiger partial charge in [0.2, 0.25) is 0 Å². The molecule has 0 aliphatic carbocycles. The molecule has 5 nitrogen and oxygen atoms in total. The SMILES string of the molecule is CCCN1CCN(C(=O)c2csc(-c3ccccc3OC)n2)CC1. The molecule has 1 fully saturated rings. The minimum Gasteiger partial charge on any atom is -0.496 e. The van der Waals surface area contributed by atoms with Gasteiger partial charge in [-0.3, -0.25) is 9.69 Å². The molecule has 0 saturated carbocycles. The van der Waals surface area contributed by atoms with Crippen LogP contribution in [0.15, 0.2) is 29.6 Å². The Kier molecular flexibility index (Phi) is 5.48. The van der Waals surface area contributed by atoms with Crippen molar-refractivity contribution in [3.8, 4) is 16.3 Å². The molecule has 0 radical (unpaired) electrons. The van der Waals surface area contributed by atoms with Gasteiger partial charge < -0.3 is 9.64 Å². The molecule has 0 bridgehead atoms. The van der Waals surface area contributed by atoms with E-state index in [9.17, 15) is 4.79 Å². The Morgan fingerprint density at radius 3 is 2.71 bits per heavy atom. The first-order valence-corrected chi connectivity index (χ1v) is 9.21. The molecule has 128 valence electrons. The standard InChI is InChI=1S/C18H23N3O2S/c1-3-8-20-9-11-21(12-10-20)18(22)15-13-24-17(19-15)14-6-4-5-7-16(14)23-2/h4-7,13H,3,8-12H2,1-2H3. The molecular weight excluding hydrogens is 322 g/mol. The minimum absolute atomic E-state index is 0.0311. The largest absolute Gasteiger partial charge is 0.496 e. The zero-order valence-corrected chi connectivity index (χ0v) is 15.0. The second-order valence-corrected chi connectivity index (χ2v) is 6.73. The monoisotopic (exact) mass is 345 g/mol. The number of amides is 1. The van der Waals surface area contributed by atoms with Crippen LogP contribution in [0.3, 0.4) is 0 Å². The van der Waals surface area contributed by atoms with Crippen molar-refractivity contribution < 1.29 is 9.53 Å². The third kappa shape index (κ3) is 3.60. The van der Waals surface area contributed by atoms with Gasteiger partial charge in [0.1, 0.15) is 16.5 Å². The number of hydrogen-bond acceptors (Lipinski definition) is 5. The van der Waals surface area contributed by atoms with Crippen LogP contribution >= 0.6 is 11.3 Å². The molecule has 1 aliphatic rings. The quantitative estimate of drug-likeness (QED) is 0.836. The number of rotatable bonds is 5. The van der Waals surface area contributed by atoms with Gasteiger partial charge in [0.05, 0.1) is 12.7 Å². The molecule has 1 amide bonds. The first-order chi connectivity index (χ1) is 11.7. The molecule has 0 N–H and O–H groups in total. The molecule has 0 spiro atoms. The van der Waals surface area contributed by atoms with Crippen LogP contribution in [0.25, 0.3) is 10.6 Å². The Hall–Kier alpha value is -1.92. The van der Waals surface area contributed by atoms with Crippen LogP contribution in [0.1, 0.15) is 23.8 Å². The third-order valence-corrected chi connectivity index (χ3v) is 5.14. The van der Waals surface area contributed by atoms with E-state index in [0.717, 1.165) is 55.5 Å². The van der Waals surface area contributed by atoms with Gasteiger partial charge in [0.15, 0.2) is 0 Å². The number of ether oxygens (including phenoxy) is 1. The number of aromatic nitrogens is 1. The fraction of sp³-hybridized carbons (Fsp3) is 0.444. The lowest BCUT2D eigenvalue weighted by atomic mass is 10.2. The highest BCUT2D eigenvalue weighted by atomic mass is 32.1. The van der Waals surface area contributed by atoms with E-state index in [2.05, 4.69) is 16.8 Å². The number of carbonyl (C=O) groups is 1. The van der Waals surface area contributed by atoms with Crippen LogP contribution in [0, 0.1) is 0 Å². The van der Waals surface area contributed by atoms with Gasteiger partial charge in [-0.05, 0) is 25.1 Å². The highest BCUT2D eigenvalue weighted by Gasteiger charge is 2.24. The second kappa shape index (κ2) is 7.77. The number of benzene rings is 1. The maximum atomic E-state index is 12.7. The zero-order valence-electron chi connectivity index (χ0n) is 14.2. The summed E-state index contributed by atoms with van der Waals surface area (Å²) in [6.07, 6.45) is 1.16. The van der Waals surface area contributed by atoms with Crippen LogP contribution in [-0.4, -0.2) is 60.5 Å². The summed E-state index contributed by atoms with van der Waals surface area (Å²) in [5, 5.41) is 2.67. The molecule has 1 aromatic heterocycles. The van der Waals surface area contributed by atoms with Gasteiger partial charge in [-0.2, -0.15) is 0 Å². The molecule has 6 heteroatoms. The van der Waals surface area contributed by atoms with Crippen molar-refractivity contribution in [3.05, 3.63) is 35.3 Å². The van der Waals surface area contributed by atoms with Crippen LogP contribution in [-0.2, 0) is 0 Å². The molecule has 3 rings (SSSR count). The lowest BCUT2D eigenvalue weighted by Gasteiger charge is -2.34. The molecule has 1 saturated heterocycles. The third-order valence-electron chi connectivity index (χ3n) is 4.26. The lowest BCUT2D eigenvalue weighted by Crippen LogP contribution is -2.48. The van der Waals surface area contributed by atoms with Crippen molar-refractivity contribution in [2.24, 2.45) is 0 Å². The van der Waals surface area contributed by atoms with E-state index in [1.165, 1.54) is 11.3 Å². The van der Waals surface area contributed by atoms with E-state index in [1.54, 1.807) is 7.11 Å². The highest BCUT2D eigenvalue weighted by Crippen LogP contribution is 2.32. The molecule has 1 aromatic carbocycles. The predicted octanol–water partition coefficient (Wildman–Crippen LogP) is 2.99. The number of methoxy groups -OCH3 is 1. The summed E-state index contributed by atoms with van der Waals surface area (Å²) in [7, 11) is 1.65. The van der Waals surface area contributed by atoms with E-state index in [1.807, 2.05) is 34.5 Å². The average molecular weight is 345 g/mol. The van der Waals surface area contributed by atoms with Crippen LogP contribution < -0.4 is 4.74 Å². The van der Waals surface area contributed by atoms with Crippen molar-refractivity contribution in [1.82, 2.24) is 14.8 Å². The molecule has 0 unspecified atom stereocenters. The number of carbonyl (C=O) groups excluding carboxylic acids is 1. The fourth-order valence-corrected chi connectivity index (χ4v) is 3.79. The summed E-state index contributed by atoms with van der Waals surface area (Å²) in [6, 6.07) is 7.76. The summed E-state index contributed by atoms with van der Waals surface area (Å²) >= 11 is 1.48. The Morgan fingerprint density at radius 1 is 1.25 bits per heavy atom. The summed E-state index contributed by atoms with van der Waals surface area (Å²) in [5.74, 6) is 0.808. The second-order valence-electron chi connectivity index (χ2n) is 5.87. The van der Waals surface area contributed by atoms with Crippen molar-refractivity contribution in [3.63, 3.8) is 0 Å². The maximum Gasteiger partial charge on any atom is 0.273 e. The Bertz CT molecular complexity index is 693. The van der Waals surface area contributed by atoms with Gasteiger partial charge in [-0.1, -0.05) is 19.1 Å². The van der Waals surface area contributed by atoms with E-state index in [4.69, 9.17) is 4.74 Å². The number of hydrogen-bond donors (Lipinski definition) is 0. The van der Waals surface area contributed by atoms with E-state index in [-0.39, 0.29) is 5.91 Å². The van der Waals surface area contributed by atoms with E-state index >= 15 is 0 Å².